The summed E-state index contributed by atoms with van der Waals surface area (Å²) < 4.78 is 0. The SMILES string of the molecule is CCC(=O)Nc1ccc(N(CC)Cc2ccccc2)nc1. The second-order valence-electron chi connectivity index (χ2n) is 4.81. The summed E-state index contributed by atoms with van der Waals surface area (Å²) in [6.45, 7) is 5.64. The minimum atomic E-state index is 0.00110. The number of hydrogen-bond donors (Lipinski definition) is 1. The van der Waals surface area contributed by atoms with Crippen LogP contribution in [0.25, 0.3) is 0 Å². The maximum atomic E-state index is 11.3. The molecule has 0 aliphatic heterocycles. The predicted molar refractivity (Wildman–Crippen MR) is 86.3 cm³/mol. The summed E-state index contributed by atoms with van der Waals surface area (Å²) in [6, 6.07) is 14.2. The molecule has 1 N–H and O–H groups in total. The lowest BCUT2D eigenvalue weighted by atomic mass is 10.2. The van der Waals surface area contributed by atoms with Crippen LogP contribution in [0.4, 0.5) is 11.5 Å². The molecule has 110 valence electrons. The number of pyridine rings is 1. The molecule has 1 heterocycles. The minimum Gasteiger partial charge on any atom is -0.353 e. The quantitative estimate of drug-likeness (QED) is 0.883. The lowest BCUT2D eigenvalue weighted by molar-refractivity contribution is -0.115. The van der Waals surface area contributed by atoms with E-state index in [0.717, 1.165) is 24.6 Å². The number of anilines is 2. The van der Waals surface area contributed by atoms with Gasteiger partial charge in [0.25, 0.3) is 0 Å². The van der Waals surface area contributed by atoms with Gasteiger partial charge < -0.3 is 10.2 Å². The zero-order valence-electron chi connectivity index (χ0n) is 12.5. The van der Waals surface area contributed by atoms with Gasteiger partial charge in [-0.3, -0.25) is 4.79 Å². The Morgan fingerprint density at radius 3 is 2.48 bits per heavy atom. The number of carbonyl (C=O) groups is 1. The van der Waals surface area contributed by atoms with E-state index in [1.54, 1.807) is 6.20 Å². The van der Waals surface area contributed by atoms with E-state index in [2.05, 4.69) is 34.3 Å². The van der Waals surface area contributed by atoms with Crippen molar-refractivity contribution in [3.63, 3.8) is 0 Å². The van der Waals surface area contributed by atoms with Crippen molar-refractivity contribution in [1.82, 2.24) is 4.98 Å². The maximum absolute atomic E-state index is 11.3. The van der Waals surface area contributed by atoms with Crippen LogP contribution < -0.4 is 10.2 Å². The molecule has 0 bridgehead atoms. The average Bonchev–Trinajstić information content (AvgIpc) is 2.54. The van der Waals surface area contributed by atoms with E-state index in [9.17, 15) is 4.79 Å². The Morgan fingerprint density at radius 1 is 1.14 bits per heavy atom. The molecule has 0 radical (unpaired) electrons. The third kappa shape index (κ3) is 4.31. The molecule has 0 atom stereocenters. The van der Waals surface area contributed by atoms with E-state index < -0.39 is 0 Å². The number of rotatable bonds is 6. The fourth-order valence-corrected chi connectivity index (χ4v) is 2.06. The Kier molecular flexibility index (Phi) is 5.32. The van der Waals surface area contributed by atoms with Crippen molar-refractivity contribution < 1.29 is 4.79 Å². The highest BCUT2D eigenvalue weighted by Crippen LogP contribution is 2.16. The number of nitrogens with one attached hydrogen (secondary N) is 1. The Labute approximate surface area is 125 Å². The molecular formula is C17H21N3O. The molecule has 0 spiro atoms. The van der Waals surface area contributed by atoms with Gasteiger partial charge in [0.05, 0.1) is 11.9 Å². The lowest BCUT2D eigenvalue weighted by Gasteiger charge is -2.22. The Morgan fingerprint density at radius 2 is 1.90 bits per heavy atom. The highest BCUT2D eigenvalue weighted by atomic mass is 16.1. The smallest absolute Gasteiger partial charge is 0.224 e. The summed E-state index contributed by atoms with van der Waals surface area (Å²) in [5.74, 6) is 0.914. The third-order valence-corrected chi connectivity index (χ3v) is 3.27. The van der Waals surface area contributed by atoms with Crippen molar-refractivity contribution >= 4 is 17.4 Å². The standard InChI is InChI=1S/C17H21N3O/c1-3-17(21)19-15-10-11-16(18-12-15)20(4-2)13-14-8-6-5-7-9-14/h5-12H,3-4,13H2,1-2H3,(H,19,21). The van der Waals surface area contributed by atoms with Crippen LogP contribution in [0.3, 0.4) is 0 Å². The third-order valence-electron chi connectivity index (χ3n) is 3.27. The van der Waals surface area contributed by atoms with Crippen LogP contribution in [-0.2, 0) is 11.3 Å². The van der Waals surface area contributed by atoms with E-state index in [1.165, 1.54) is 5.56 Å². The molecule has 0 fully saturated rings. The first-order valence-electron chi connectivity index (χ1n) is 7.27. The molecule has 0 unspecified atom stereocenters. The fraction of sp³-hybridized carbons (Fsp3) is 0.294. The van der Waals surface area contributed by atoms with Gasteiger partial charge in [-0.15, -0.1) is 0 Å². The lowest BCUT2D eigenvalue weighted by Crippen LogP contribution is -2.23. The molecule has 1 aromatic carbocycles. The van der Waals surface area contributed by atoms with Crippen LogP contribution in [0, 0.1) is 0 Å². The Bertz CT molecular complexity index is 566. The van der Waals surface area contributed by atoms with E-state index >= 15 is 0 Å². The number of carbonyl (C=O) groups excluding carboxylic acids is 1. The van der Waals surface area contributed by atoms with Gasteiger partial charge in [-0.1, -0.05) is 37.3 Å². The van der Waals surface area contributed by atoms with Gasteiger partial charge >= 0.3 is 0 Å². The second kappa shape index (κ2) is 7.43. The van der Waals surface area contributed by atoms with Crippen LogP contribution in [0.15, 0.2) is 48.7 Å². The second-order valence-corrected chi connectivity index (χ2v) is 4.81. The van der Waals surface area contributed by atoms with Gasteiger partial charge in [0, 0.05) is 19.5 Å². The van der Waals surface area contributed by atoms with E-state index in [1.807, 2.05) is 37.3 Å². The van der Waals surface area contributed by atoms with Crippen LogP contribution in [-0.4, -0.2) is 17.4 Å². The number of amides is 1. The summed E-state index contributed by atoms with van der Waals surface area (Å²) in [6.07, 6.45) is 2.17. The van der Waals surface area contributed by atoms with Crippen molar-refractivity contribution in [3.8, 4) is 0 Å². The number of nitrogens with zero attached hydrogens (tertiary/aromatic N) is 2. The molecule has 0 saturated heterocycles. The zero-order valence-corrected chi connectivity index (χ0v) is 12.5. The van der Waals surface area contributed by atoms with Gasteiger partial charge in [0.2, 0.25) is 5.91 Å². The van der Waals surface area contributed by atoms with Crippen molar-refractivity contribution in [2.24, 2.45) is 0 Å². The molecule has 2 rings (SSSR count). The summed E-state index contributed by atoms with van der Waals surface area (Å²) in [5, 5.41) is 2.81. The van der Waals surface area contributed by atoms with E-state index in [4.69, 9.17) is 0 Å². The molecule has 1 aromatic heterocycles. The first-order chi connectivity index (χ1) is 10.2. The maximum Gasteiger partial charge on any atom is 0.224 e. The van der Waals surface area contributed by atoms with Crippen molar-refractivity contribution in [3.05, 3.63) is 54.2 Å². The first kappa shape index (κ1) is 15.0. The molecule has 21 heavy (non-hydrogen) atoms. The van der Waals surface area contributed by atoms with Crippen LogP contribution in [0.2, 0.25) is 0 Å². The molecule has 0 saturated carbocycles. The van der Waals surface area contributed by atoms with E-state index in [0.29, 0.717) is 6.42 Å². The molecule has 0 aliphatic carbocycles. The summed E-state index contributed by atoms with van der Waals surface area (Å²) >= 11 is 0. The Balaban J connectivity index is 2.06. The summed E-state index contributed by atoms with van der Waals surface area (Å²) in [5.41, 5.74) is 1.99. The van der Waals surface area contributed by atoms with Crippen molar-refractivity contribution in [2.75, 3.05) is 16.8 Å². The van der Waals surface area contributed by atoms with Crippen LogP contribution >= 0.6 is 0 Å². The molecule has 1 amide bonds. The van der Waals surface area contributed by atoms with Crippen molar-refractivity contribution in [1.29, 1.82) is 0 Å². The van der Waals surface area contributed by atoms with Gasteiger partial charge in [-0.2, -0.15) is 0 Å². The molecular weight excluding hydrogens is 262 g/mol. The molecule has 4 heteroatoms. The highest BCUT2D eigenvalue weighted by molar-refractivity contribution is 5.90. The highest BCUT2D eigenvalue weighted by Gasteiger charge is 2.07. The van der Waals surface area contributed by atoms with Crippen molar-refractivity contribution in [2.45, 2.75) is 26.8 Å². The molecule has 0 aliphatic rings. The first-order valence-corrected chi connectivity index (χ1v) is 7.27. The van der Waals surface area contributed by atoms with Crippen LogP contribution in [0.5, 0.6) is 0 Å². The predicted octanol–water partition coefficient (Wildman–Crippen LogP) is 3.46. The van der Waals surface area contributed by atoms with Gasteiger partial charge in [-0.25, -0.2) is 4.98 Å². The number of benzene rings is 1. The van der Waals surface area contributed by atoms with Gasteiger partial charge in [-0.05, 0) is 24.6 Å². The fourth-order valence-electron chi connectivity index (χ4n) is 2.06. The number of aromatic nitrogens is 1. The van der Waals surface area contributed by atoms with Gasteiger partial charge in [0.15, 0.2) is 0 Å². The minimum absolute atomic E-state index is 0.00110. The van der Waals surface area contributed by atoms with Crippen LogP contribution in [0.1, 0.15) is 25.8 Å². The summed E-state index contributed by atoms with van der Waals surface area (Å²) in [4.78, 5) is 18.0. The topological polar surface area (TPSA) is 45.2 Å². The molecule has 2 aromatic rings. The normalized spacial score (nSPS) is 10.2. The number of hydrogen-bond acceptors (Lipinski definition) is 3. The van der Waals surface area contributed by atoms with E-state index in [-0.39, 0.29) is 5.91 Å². The zero-order chi connectivity index (χ0) is 15.1. The largest absolute Gasteiger partial charge is 0.353 e. The average molecular weight is 283 g/mol. The summed E-state index contributed by atoms with van der Waals surface area (Å²) in [7, 11) is 0. The monoisotopic (exact) mass is 283 g/mol. The Hall–Kier alpha value is -2.36. The van der Waals surface area contributed by atoms with Gasteiger partial charge in [0.1, 0.15) is 5.82 Å². The molecule has 4 nitrogen and oxygen atoms in total.